The van der Waals surface area contributed by atoms with Crippen molar-refractivity contribution in [2.45, 2.75) is 37.4 Å². The third-order valence-electron chi connectivity index (χ3n) is 5.85. The molecule has 1 saturated carbocycles. The molecular formula is C20H28N4O4S. The molecule has 0 radical (unpaired) electrons. The normalized spacial score (nSPS) is 18.2. The van der Waals surface area contributed by atoms with Crippen LogP contribution >= 0.6 is 0 Å². The molecule has 4 rings (SSSR count). The summed E-state index contributed by atoms with van der Waals surface area (Å²) in [4.78, 5) is 11.2. The van der Waals surface area contributed by atoms with E-state index in [0.29, 0.717) is 24.0 Å². The van der Waals surface area contributed by atoms with Gasteiger partial charge < -0.3 is 14.4 Å². The van der Waals surface area contributed by atoms with Crippen molar-refractivity contribution < 1.29 is 17.9 Å². The highest BCUT2D eigenvalue weighted by Crippen LogP contribution is 2.36. The van der Waals surface area contributed by atoms with Crippen LogP contribution in [0.4, 0.5) is 5.82 Å². The van der Waals surface area contributed by atoms with Gasteiger partial charge in [-0.25, -0.2) is 23.1 Å². The first-order chi connectivity index (χ1) is 14.0. The summed E-state index contributed by atoms with van der Waals surface area (Å²) < 4.78 is 37.5. The zero-order valence-electron chi connectivity index (χ0n) is 16.9. The van der Waals surface area contributed by atoms with Gasteiger partial charge in [-0.1, -0.05) is 0 Å². The van der Waals surface area contributed by atoms with E-state index >= 15 is 0 Å². The Balaban J connectivity index is 1.40. The lowest BCUT2D eigenvalue weighted by Gasteiger charge is -2.33. The van der Waals surface area contributed by atoms with Gasteiger partial charge in [-0.15, -0.1) is 0 Å². The van der Waals surface area contributed by atoms with Gasteiger partial charge in [0.1, 0.15) is 12.1 Å². The van der Waals surface area contributed by atoms with Gasteiger partial charge in [-0.05, 0) is 44.1 Å². The number of hydrogen-bond donors (Lipinski definition) is 1. The van der Waals surface area contributed by atoms with Gasteiger partial charge in [0.2, 0.25) is 10.0 Å². The number of hydrogen-bond acceptors (Lipinski definition) is 7. The summed E-state index contributed by atoms with van der Waals surface area (Å²) in [5.74, 6) is 2.74. The molecule has 0 amide bonds. The van der Waals surface area contributed by atoms with Crippen LogP contribution in [-0.4, -0.2) is 57.5 Å². The van der Waals surface area contributed by atoms with Crippen molar-refractivity contribution in [3.8, 4) is 11.5 Å². The first-order valence-corrected chi connectivity index (χ1v) is 11.7. The first kappa shape index (κ1) is 20.2. The summed E-state index contributed by atoms with van der Waals surface area (Å²) in [6.45, 7) is 2.32. The molecule has 29 heavy (non-hydrogen) atoms. The van der Waals surface area contributed by atoms with Crippen LogP contribution < -0.4 is 19.1 Å². The Morgan fingerprint density at radius 3 is 2.41 bits per heavy atom. The van der Waals surface area contributed by atoms with E-state index in [1.165, 1.54) is 0 Å². The van der Waals surface area contributed by atoms with E-state index in [2.05, 4.69) is 19.6 Å². The van der Waals surface area contributed by atoms with Gasteiger partial charge in [0, 0.05) is 31.1 Å². The maximum atomic E-state index is 11.9. The van der Waals surface area contributed by atoms with E-state index in [4.69, 9.17) is 9.47 Å². The molecule has 2 fully saturated rings. The average Bonchev–Trinajstić information content (AvgIpc) is 3.59. The van der Waals surface area contributed by atoms with E-state index in [0.717, 1.165) is 61.9 Å². The zero-order valence-corrected chi connectivity index (χ0v) is 17.7. The fraction of sp³-hybridized carbons (Fsp3) is 0.600. The highest BCUT2D eigenvalue weighted by molar-refractivity contribution is 7.90. The maximum absolute atomic E-state index is 11.9. The molecule has 9 heteroatoms. The second-order valence-electron chi connectivity index (χ2n) is 7.78. The summed E-state index contributed by atoms with van der Waals surface area (Å²) in [6, 6.07) is 3.81. The summed E-state index contributed by atoms with van der Waals surface area (Å²) in [6.07, 6.45) is 6.11. The van der Waals surface area contributed by atoms with Gasteiger partial charge in [0.05, 0.1) is 25.0 Å². The van der Waals surface area contributed by atoms with Crippen LogP contribution in [0.5, 0.6) is 11.5 Å². The van der Waals surface area contributed by atoms with Crippen LogP contribution in [0.1, 0.15) is 32.1 Å². The second-order valence-corrected chi connectivity index (χ2v) is 9.82. The SMILES string of the molecule is COc1cc2ncnc(N3CCC(CCNS(=O)(=O)C4CC4)CC3)c2cc1OC. The van der Waals surface area contributed by atoms with Gasteiger partial charge >= 0.3 is 0 Å². The van der Waals surface area contributed by atoms with E-state index in [1.54, 1.807) is 20.5 Å². The van der Waals surface area contributed by atoms with Gasteiger partial charge in [0.25, 0.3) is 0 Å². The monoisotopic (exact) mass is 420 g/mol. The minimum atomic E-state index is -3.08. The molecule has 1 aliphatic carbocycles. The molecule has 8 nitrogen and oxygen atoms in total. The molecule has 1 aromatic carbocycles. The van der Waals surface area contributed by atoms with E-state index in [1.807, 2.05) is 12.1 Å². The van der Waals surface area contributed by atoms with E-state index in [-0.39, 0.29) is 5.25 Å². The number of sulfonamides is 1. The largest absolute Gasteiger partial charge is 0.493 e. The number of rotatable bonds is 8. The molecule has 0 unspecified atom stereocenters. The lowest BCUT2D eigenvalue weighted by molar-refractivity contribution is 0.355. The van der Waals surface area contributed by atoms with Crippen molar-refractivity contribution in [3.63, 3.8) is 0 Å². The molecule has 158 valence electrons. The maximum Gasteiger partial charge on any atom is 0.214 e. The molecule has 1 aliphatic heterocycles. The predicted molar refractivity (Wildman–Crippen MR) is 112 cm³/mol. The van der Waals surface area contributed by atoms with Crippen LogP contribution in [-0.2, 0) is 10.0 Å². The van der Waals surface area contributed by atoms with Crippen LogP contribution in [0, 0.1) is 5.92 Å². The number of nitrogens with one attached hydrogen (secondary N) is 1. The van der Waals surface area contributed by atoms with Gasteiger partial charge in [-0.2, -0.15) is 0 Å². The smallest absolute Gasteiger partial charge is 0.214 e. The first-order valence-electron chi connectivity index (χ1n) is 10.1. The number of fused-ring (bicyclic) bond motifs is 1. The molecule has 0 bridgehead atoms. The Bertz CT molecular complexity index is 970. The number of methoxy groups -OCH3 is 2. The highest BCUT2D eigenvalue weighted by Gasteiger charge is 2.35. The Morgan fingerprint density at radius 2 is 1.76 bits per heavy atom. The Morgan fingerprint density at radius 1 is 1.07 bits per heavy atom. The second kappa shape index (κ2) is 8.31. The molecule has 1 N–H and O–H groups in total. The lowest BCUT2D eigenvalue weighted by atomic mass is 9.93. The highest BCUT2D eigenvalue weighted by atomic mass is 32.2. The summed E-state index contributed by atoms with van der Waals surface area (Å²) in [5, 5.41) is 0.798. The van der Waals surface area contributed by atoms with Crippen molar-refractivity contribution in [2.75, 3.05) is 38.8 Å². The molecule has 0 atom stereocenters. The van der Waals surface area contributed by atoms with Crippen molar-refractivity contribution >= 4 is 26.7 Å². The van der Waals surface area contributed by atoms with Gasteiger partial charge in [0.15, 0.2) is 11.5 Å². The Labute approximate surface area is 171 Å². The fourth-order valence-corrected chi connectivity index (χ4v) is 5.35. The average molecular weight is 421 g/mol. The Hall–Kier alpha value is -2.13. The quantitative estimate of drug-likeness (QED) is 0.700. The number of aromatic nitrogens is 2. The summed E-state index contributed by atoms with van der Waals surface area (Å²) in [5.41, 5.74) is 0.823. The van der Waals surface area contributed by atoms with Crippen LogP contribution in [0.2, 0.25) is 0 Å². The van der Waals surface area contributed by atoms with E-state index in [9.17, 15) is 8.42 Å². The van der Waals surface area contributed by atoms with Crippen molar-refractivity contribution in [1.29, 1.82) is 0 Å². The predicted octanol–water partition coefficient (Wildman–Crippen LogP) is 2.34. The molecule has 2 heterocycles. The van der Waals surface area contributed by atoms with Gasteiger partial charge in [-0.3, -0.25) is 0 Å². The van der Waals surface area contributed by atoms with Crippen LogP contribution in [0.15, 0.2) is 18.5 Å². The van der Waals surface area contributed by atoms with Crippen LogP contribution in [0.3, 0.4) is 0 Å². The summed E-state index contributed by atoms with van der Waals surface area (Å²) in [7, 11) is 0.156. The number of nitrogens with zero attached hydrogens (tertiary/aromatic N) is 3. The molecule has 1 aromatic heterocycles. The lowest BCUT2D eigenvalue weighted by Crippen LogP contribution is -2.36. The van der Waals surface area contributed by atoms with Crippen molar-refractivity contribution in [1.82, 2.24) is 14.7 Å². The number of benzene rings is 1. The molecule has 2 aromatic rings. The zero-order chi connectivity index (χ0) is 20.4. The third-order valence-corrected chi connectivity index (χ3v) is 7.81. The van der Waals surface area contributed by atoms with Crippen LogP contribution in [0.25, 0.3) is 10.9 Å². The minimum absolute atomic E-state index is 0.147. The topological polar surface area (TPSA) is 93.7 Å². The molecular weight excluding hydrogens is 392 g/mol. The molecule has 1 saturated heterocycles. The fourth-order valence-electron chi connectivity index (χ4n) is 3.96. The Kier molecular flexibility index (Phi) is 5.78. The third kappa shape index (κ3) is 4.40. The standard InChI is InChI=1S/C20H28N4O4S/c1-27-18-11-16-17(12-19(18)28-2)21-13-22-20(16)24-9-6-14(7-10-24)5-8-23-29(25,26)15-3-4-15/h11-15,23H,3-10H2,1-2H3. The van der Waals surface area contributed by atoms with Crippen molar-refractivity contribution in [3.05, 3.63) is 18.5 Å². The number of piperidine rings is 1. The molecule has 2 aliphatic rings. The number of anilines is 1. The van der Waals surface area contributed by atoms with Crippen molar-refractivity contribution in [2.24, 2.45) is 5.92 Å². The molecule has 0 spiro atoms. The number of ether oxygens (including phenoxy) is 2. The van der Waals surface area contributed by atoms with E-state index < -0.39 is 10.0 Å². The summed E-state index contributed by atoms with van der Waals surface area (Å²) >= 11 is 0. The minimum Gasteiger partial charge on any atom is -0.493 e.